The second-order valence-corrected chi connectivity index (χ2v) is 10.0. The minimum atomic E-state index is -0.667. The summed E-state index contributed by atoms with van der Waals surface area (Å²) in [6, 6.07) is 11.9. The molecule has 2 bridgehead atoms. The van der Waals surface area contributed by atoms with Crippen molar-refractivity contribution >= 4 is 29.3 Å². The second-order valence-electron chi connectivity index (χ2n) is 10.0. The molecule has 34 heavy (non-hydrogen) atoms. The van der Waals surface area contributed by atoms with Crippen LogP contribution >= 0.6 is 0 Å². The van der Waals surface area contributed by atoms with Gasteiger partial charge in [-0.2, -0.15) is 0 Å². The molecule has 6 nitrogen and oxygen atoms in total. The predicted octanol–water partition coefficient (Wildman–Crippen LogP) is 3.90. The van der Waals surface area contributed by atoms with Crippen molar-refractivity contribution < 1.29 is 23.9 Å². The van der Waals surface area contributed by atoms with Gasteiger partial charge in [0.1, 0.15) is 0 Å². The van der Waals surface area contributed by atoms with E-state index < -0.39 is 5.97 Å². The first kappa shape index (κ1) is 21.0. The summed E-state index contributed by atoms with van der Waals surface area (Å²) in [6.07, 6.45) is 5.38. The number of allylic oxidation sites excluding steroid dienone is 2. The Balaban J connectivity index is 1.19. The molecule has 0 spiro atoms. The van der Waals surface area contributed by atoms with Crippen molar-refractivity contribution in [2.75, 3.05) is 11.5 Å². The Morgan fingerprint density at radius 1 is 0.941 bits per heavy atom. The molecule has 2 saturated carbocycles. The number of ether oxygens (including phenoxy) is 1. The largest absolute Gasteiger partial charge is 0.454 e. The van der Waals surface area contributed by atoms with E-state index >= 15 is 0 Å². The van der Waals surface area contributed by atoms with Crippen LogP contribution in [0.3, 0.4) is 0 Å². The lowest BCUT2D eigenvalue weighted by molar-refractivity contribution is -0.124. The molecule has 1 saturated heterocycles. The number of carbonyl (C=O) groups is 4. The van der Waals surface area contributed by atoms with Gasteiger partial charge < -0.3 is 4.74 Å². The summed E-state index contributed by atoms with van der Waals surface area (Å²) in [7, 11) is 0. The molecule has 0 N–H and O–H groups in total. The van der Waals surface area contributed by atoms with E-state index in [9.17, 15) is 19.2 Å². The maximum atomic E-state index is 13.3. The summed E-state index contributed by atoms with van der Waals surface area (Å²) < 4.78 is 5.28. The molecular weight excluding hydrogens is 430 g/mol. The Morgan fingerprint density at radius 3 is 2.29 bits per heavy atom. The Hall–Kier alpha value is -3.54. The number of nitrogens with zero attached hydrogens (tertiary/aromatic N) is 1. The number of benzene rings is 2. The van der Waals surface area contributed by atoms with Crippen LogP contribution in [0.4, 0.5) is 5.69 Å². The number of rotatable bonds is 5. The van der Waals surface area contributed by atoms with E-state index in [0.29, 0.717) is 23.1 Å². The molecule has 0 radical (unpaired) electrons. The average molecular weight is 456 g/mol. The van der Waals surface area contributed by atoms with Gasteiger partial charge in [0, 0.05) is 5.56 Å². The van der Waals surface area contributed by atoms with E-state index in [1.54, 1.807) is 24.3 Å². The highest BCUT2D eigenvalue weighted by Gasteiger charge is 2.67. The van der Waals surface area contributed by atoms with Crippen molar-refractivity contribution in [1.82, 2.24) is 0 Å². The molecule has 7 rings (SSSR count). The van der Waals surface area contributed by atoms with Gasteiger partial charge in [-0.25, -0.2) is 9.69 Å². The first-order valence-corrected chi connectivity index (χ1v) is 11.8. The van der Waals surface area contributed by atoms with Crippen LogP contribution in [0, 0.1) is 49.4 Å². The van der Waals surface area contributed by atoms with Crippen molar-refractivity contribution in [1.29, 1.82) is 0 Å². The molecule has 4 aliphatic carbocycles. The number of ketones is 1. The maximum absolute atomic E-state index is 13.3. The quantitative estimate of drug-likeness (QED) is 0.296. The Labute approximate surface area is 197 Å². The van der Waals surface area contributed by atoms with Crippen LogP contribution in [-0.4, -0.2) is 30.2 Å². The van der Waals surface area contributed by atoms with Crippen LogP contribution in [0.15, 0.2) is 54.6 Å². The molecule has 2 aromatic carbocycles. The van der Waals surface area contributed by atoms with Gasteiger partial charge in [-0.1, -0.05) is 35.9 Å². The number of imide groups is 1. The van der Waals surface area contributed by atoms with Gasteiger partial charge in [0.2, 0.25) is 17.6 Å². The SMILES string of the molecule is Cc1ccc(C)c(C(=O)COC(=O)c2cccc(N3C(=O)[C@@H]4[C@H]5C=C[C@@H]([C@@H]6C[C@H]56)[C@H]4C3=O)c2)c1. The van der Waals surface area contributed by atoms with Crippen LogP contribution in [0.25, 0.3) is 0 Å². The number of carbonyl (C=O) groups excluding carboxylic acids is 4. The van der Waals surface area contributed by atoms with Gasteiger partial charge in [0.05, 0.1) is 23.1 Å². The topological polar surface area (TPSA) is 80.8 Å². The van der Waals surface area contributed by atoms with Gasteiger partial charge in [-0.15, -0.1) is 0 Å². The minimum Gasteiger partial charge on any atom is -0.454 e. The first-order valence-electron chi connectivity index (χ1n) is 11.8. The van der Waals surface area contributed by atoms with Gasteiger partial charge in [0.15, 0.2) is 6.61 Å². The van der Waals surface area contributed by atoms with E-state index in [-0.39, 0.29) is 53.4 Å². The highest BCUT2D eigenvalue weighted by molar-refractivity contribution is 6.23. The lowest BCUT2D eigenvalue weighted by Crippen LogP contribution is -2.40. The maximum Gasteiger partial charge on any atom is 0.338 e. The van der Waals surface area contributed by atoms with Crippen LogP contribution in [0.1, 0.15) is 38.3 Å². The first-order chi connectivity index (χ1) is 16.3. The fourth-order valence-electron chi connectivity index (χ4n) is 6.31. The van der Waals surface area contributed by atoms with Gasteiger partial charge >= 0.3 is 5.97 Å². The minimum absolute atomic E-state index is 0.144. The van der Waals surface area contributed by atoms with E-state index in [0.717, 1.165) is 17.5 Å². The summed E-state index contributed by atoms with van der Waals surface area (Å²) in [6.45, 7) is 3.36. The standard InChI is InChI=1S/C28H25NO5/c1-14-6-7-15(2)20(10-14)23(30)13-34-28(33)16-4-3-5-17(11-16)29-26(31)24-18-8-9-19(22-12-21(18)22)25(24)27(29)32/h3-11,18-19,21-22,24-25H,12-13H2,1-2H3/t18-,19-,21-,22+,24+,25+/m0/s1. The molecule has 0 unspecified atom stereocenters. The Morgan fingerprint density at radius 2 is 1.62 bits per heavy atom. The molecule has 2 aromatic rings. The fourth-order valence-corrected chi connectivity index (χ4v) is 6.31. The molecule has 2 amide bonds. The normalized spacial score (nSPS) is 30.2. The third kappa shape index (κ3) is 3.08. The van der Waals surface area contributed by atoms with E-state index in [1.165, 1.54) is 11.0 Å². The molecule has 3 fully saturated rings. The van der Waals surface area contributed by atoms with Crippen molar-refractivity contribution in [3.63, 3.8) is 0 Å². The lowest BCUT2D eigenvalue weighted by Gasteiger charge is -2.37. The molecule has 6 atom stereocenters. The summed E-state index contributed by atoms with van der Waals surface area (Å²) in [5.41, 5.74) is 2.88. The summed E-state index contributed by atoms with van der Waals surface area (Å²) in [5.74, 6) is -0.523. The molecular formula is C28H25NO5. The number of hydrogen-bond acceptors (Lipinski definition) is 5. The zero-order chi connectivity index (χ0) is 23.7. The fraction of sp³-hybridized carbons (Fsp3) is 0.357. The van der Waals surface area contributed by atoms with E-state index in [1.807, 2.05) is 26.0 Å². The Bertz CT molecular complexity index is 1260. The van der Waals surface area contributed by atoms with Crippen molar-refractivity contribution in [3.05, 3.63) is 76.9 Å². The third-order valence-corrected chi connectivity index (χ3v) is 8.03. The number of aryl methyl sites for hydroxylation is 2. The molecule has 5 aliphatic rings. The molecule has 1 aliphatic heterocycles. The van der Waals surface area contributed by atoms with Crippen LogP contribution in [-0.2, 0) is 14.3 Å². The summed E-state index contributed by atoms with van der Waals surface area (Å²) >= 11 is 0. The van der Waals surface area contributed by atoms with Crippen molar-refractivity contribution in [2.45, 2.75) is 20.3 Å². The van der Waals surface area contributed by atoms with Crippen LogP contribution in [0.2, 0.25) is 0 Å². The number of amides is 2. The van der Waals surface area contributed by atoms with Gasteiger partial charge in [0.25, 0.3) is 0 Å². The molecule has 172 valence electrons. The van der Waals surface area contributed by atoms with Crippen LogP contribution in [0.5, 0.6) is 0 Å². The second kappa shape index (κ2) is 7.49. The monoisotopic (exact) mass is 455 g/mol. The average Bonchev–Trinajstić information content (AvgIpc) is 3.62. The van der Waals surface area contributed by atoms with Gasteiger partial charge in [-0.3, -0.25) is 14.4 Å². The number of esters is 1. The zero-order valence-electron chi connectivity index (χ0n) is 19.1. The molecule has 0 aromatic heterocycles. The molecule has 6 heteroatoms. The highest BCUT2D eigenvalue weighted by atomic mass is 16.5. The predicted molar refractivity (Wildman–Crippen MR) is 124 cm³/mol. The third-order valence-electron chi connectivity index (χ3n) is 8.03. The van der Waals surface area contributed by atoms with E-state index in [2.05, 4.69) is 12.2 Å². The number of Topliss-reactive ketones (excluding diaryl/α,β-unsaturated/α-hetero) is 1. The zero-order valence-corrected chi connectivity index (χ0v) is 19.1. The highest BCUT2D eigenvalue weighted by Crippen LogP contribution is 2.65. The summed E-state index contributed by atoms with van der Waals surface area (Å²) in [4.78, 5) is 53.2. The number of hydrogen-bond donors (Lipinski definition) is 0. The Kier molecular flexibility index (Phi) is 4.63. The van der Waals surface area contributed by atoms with Gasteiger partial charge in [-0.05, 0) is 73.8 Å². The van der Waals surface area contributed by atoms with Crippen molar-refractivity contribution in [2.24, 2.45) is 35.5 Å². The van der Waals surface area contributed by atoms with Crippen molar-refractivity contribution in [3.8, 4) is 0 Å². The number of anilines is 1. The summed E-state index contributed by atoms with van der Waals surface area (Å²) in [5, 5.41) is 0. The van der Waals surface area contributed by atoms with E-state index in [4.69, 9.17) is 4.74 Å². The molecule has 1 heterocycles. The van der Waals surface area contributed by atoms with Crippen LogP contribution < -0.4 is 4.90 Å². The lowest BCUT2D eigenvalue weighted by atomic mass is 9.63. The smallest absolute Gasteiger partial charge is 0.338 e.